The van der Waals surface area contributed by atoms with Crippen molar-refractivity contribution in [1.82, 2.24) is 5.43 Å². The van der Waals surface area contributed by atoms with Gasteiger partial charge >= 0.3 is 0 Å². The first-order chi connectivity index (χ1) is 10.7. The van der Waals surface area contributed by atoms with Gasteiger partial charge in [0.05, 0.1) is 12.8 Å². The van der Waals surface area contributed by atoms with E-state index in [2.05, 4.69) is 16.4 Å². The van der Waals surface area contributed by atoms with Crippen molar-refractivity contribution in [3.63, 3.8) is 0 Å². The highest BCUT2D eigenvalue weighted by Crippen LogP contribution is 2.21. The van der Waals surface area contributed by atoms with Crippen LogP contribution in [-0.4, -0.2) is 12.8 Å². The van der Waals surface area contributed by atoms with Crippen LogP contribution in [0.1, 0.15) is 11.1 Å². The molecule has 0 atom stereocenters. The third-order valence-electron chi connectivity index (χ3n) is 2.77. The quantitative estimate of drug-likeness (QED) is 0.490. The summed E-state index contributed by atoms with van der Waals surface area (Å²) in [7, 11) is 0. The van der Waals surface area contributed by atoms with Crippen LogP contribution in [0.15, 0.2) is 47.6 Å². The molecule has 0 spiro atoms. The molecule has 0 aromatic heterocycles. The Morgan fingerprint density at radius 3 is 2.59 bits per heavy atom. The number of benzene rings is 2. The average molecular weight is 333 g/mol. The number of nitrogens with zero attached hydrogens (tertiary/aromatic N) is 1. The van der Waals surface area contributed by atoms with Gasteiger partial charge in [0.2, 0.25) is 0 Å². The smallest absolute Gasteiger partial charge is 0.148 e. The van der Waals surface area contributed by atoms with Crippen LogP contribution >= 0.6 is 23.2 Å². The van der Waals surface area contributed by atoms with E-state index in [0.717, 1.165) is 11.1 Å². The molecule has 2 aromatic rings. The van der Waals surface area contributed by atoms with Crippen LogP contribution in [0.3, 0.4) is 0 Å². The standard InChI is InChI=1S/C17H14Cl2N2O/c1-2-9-22-17-8-7-16(19)10-14(17)12-21-20-11-13-3-5-15(18)6-4-13/h1,3-8,10,12,20H,9,11H2/b21-12-. The van der Waals surface area contributed by atoms with Crippen molar-refractivity contribution in [3.8, 4) is 18.1 Å². The summed E-state index contributed by atoms with van der Waals surface area (Å²) in [6.45, 7) is 0.787. The molecule has 0 unspecified atom stereocenters. The maximum absolute atomic E-state index is 5.98. The maximum Gasteiger partial charge on any atom is 0.148 e. The molecule has 0 fully saturated rings. The predicted molar refractivity (Wildman–Crippen MR) is 91.7 cm³/mol. The lowest BCUT2D eigenvalue weighted by Crippen LogP contribution is -2.06. The van der Waals surface area contributed by atoms with Crippen molar-refractivity contribution in [2.24, 2.45) is 5.10 Å². The fourth-order valence-corrected chi connectivity index (χ4v) is 2.03. The molecule has 0 amide bonds. The fraction of sp³-hybridized carbons (Fsp3) is 0.118. The van der Waals surface area contributed by atoms with E-state index in [1.165, 1.54) is 0 Å². The van der Waals surface area contributed by atoms with Crippen LogP contribution in [0.2, 0.25) is 10.0 Å². The lowest BCUT2D eigenvalue weighted by molar-refractivity contribution is 0.370. The third kappa shape index (κ3) is 5.00. The second kappa shape index (κ2) is 8.33. The van der Waals surface area contributed by atoms with E-state index in [4.69, 9.17) is 34.4 Å². The molecule has 2 rings (SSSR count). The molecule has 0 bridgehead atoms. The molecule has 0 saturated carbocycles. The van der Waals surface area contributed by atoms with Gasteiger partial charge in [-0.15, -0.1) is 6.42 Å². The molecule has 0 aliphatic heterocycles. The van der Waals surface area contributed by atoms with Gasteiger partial charge in [0.1, 0.15) is 12.4 Å². The summed E-state index contributed by atoms with van der Waals surface area (Å²) < 4.78 is 5.44. The van der Waals surface area contributed by atoms with E-state index in [9.17, 15) is 0 Å². The Kier molecular flexibility index (Phi) is 6.14. The van der Waals surface area contributed by atoms with E-state index < -0.39 is 0 Å². The number of halogens is 2. The van der Waals surface area contributed by atoms with E-state index in [1.807, 2.05) is 24.3 Å². The van der Waals surface area contributed by atoms with Gasteiger partial charge in [-0.25, -0.2) is 0 Å². The minimum atomic E-state index is 0.195. The zero-order valence-electron chi connectivity index (χ0n) is 11.7. The summed E-state index contributed by atoms with van der Waals surface area (Å²) in [5, 5.41) is 5.48. The molecule has 0 radical (unpaired) electrons. The van der Waals surface area contributed by atoms with Gasteiger partial charge < -0.3 is 10.2 Å². The van der Waals surface area contributed by atoms with Crippen LogP contribution in [0.4, 0.5) is 0 Å². The van der Waals surface area contributed by atoms with Gasteiger partial charge in [-0.3, -0.25) is 0 Å². The number of rotatable bonds is 6. The first-order valence-electron chi connectivity index (χ1n) is 6.55. The van der Waals surface area contributed by atoms with Crippen molar-refractivity contribution in [2.45, 2.75) is 6.54 Å². The zero-order chi connectivity index (χ0) is 15.8. The molecule has 0 aliphatic rings. The Balaban J connectivity index is 1.98. The number of ether oxygens (including phenoxy) is 1. The predicted octanol–water partition coefficient (Wildman–Crippen LogP) is 4.13. The Morgan fingerprint density at radius 2 is 1.86 bits per heavy atom. The van der Waals surface area contributed by atoms with Gasteiger partial charge in [-0.2, -0.15) is 5.10 Å². The summed E-state index contributed by atoms with van der Waals surface area (Å²) in [5.41, 5.74) is 4.80. The van der Waals surface area contributed by atoms with Crippen LogP contribution < -0.4 is 10.2 Å². The third-order valence-corrected chi connectivity index (χ3v) is 3.26. The number of hydrogen-bond acceptors (Lipinski definition) is 3. The topological polar surface area (TPSA) is 33.6 Å². The molecular formula is C17H14Cl2N2O. The second-order valence-corrected chi connectivity index (χ2v) is 5.27. The van der Waals surface area contributed by atoms with Crippen LogP contribution in [-0.2, 0) is 6.54 Å². The van der Waals surface area contributed by atoms with Crippen LogP contribution in [0.5, 0.6) is 5.75 Å². The zero-order valence-corrected chi connectivity index (χ0v) is 13.2. The van der Waals surface area contributed by atoms with Gasteiger partial charge in [0.15, 0.2) is 0 Å². The van der Waals surface area contributed by atoms with E-state index in [0.29, 0.717) is 22.3 Å². The van der Waals surface area contributed by atoms with Gasteiger partial charge in [0, 0.05) is 15.6 Å². The molecule has 0 heterocycles. The Hall–Kier alpha value is -2.15. The molecule has 0 aliphatic carbocycles. The molecule has 112 valence electrons. The lowest BCUT2D eigenvalue weighted by Gasteiger charge is -2.07. The Bertz CT molecular complexity index is 691. The normalized spacial score (nSPS) is 10.4. The molecule has 1 N–H and O–H groups in total. The lowest BCUT2D eigenvalue weighted by atomic mass is 10.2. The minimum Gasteiger partial charge on any atom is -0.480 e. The molecule has 0 saturated heterocycles. The van der Waals surface area contributed by atoms with Crippen molar-refractivity contribution >= 4 is 29.4 Å². The molecule has 3 nitrogen and oxygen atoms in total. The minimum absolute atomic E-state index is 0.195. The second-order valence-electron chi connectivity index (χ2n) is 4.39. The van der Waals surface area contributed by atoms with Crippen LogP contribution in [0, 0.1) is 12.3 Å². The first kappa shape index (κ1) is 16.2. The largest absolute Gasteiger partial charge is 0.480 e. The van der Waals surface area contributed by atoms with Gasteiger partial charge in [-0.1, -0.05) is 41.3 Å². The van der Waals surface area contributed by atoms with E-state index in [1.54, 1.807) is 24.4 Å². The first-order valence-corrected chi connectivity index (χ1v) is 7.31. The highest BCUT2D eigenvalue weighted by molar-refractivity contribution is 6.31. The summed E-state index contributed by atoms with van der Waals surface area (Å²) in [4.78, 5) is 0. The Labute approximate surface area is 139 Å². The van der Waals surface area contributed by atoms with Crippen molar-refractivity contribution in [3.05, 3.63) is 63.6 Å². The number of terminal acetylenes is 1. The van der Waals surface area contributed by atoms with Gasteiger partial charge in [-0.05, 0) is 35.9 Å². The molecular weight excluding hydrogens is 319 g/mol. The summed E-state index contributed by atoms with van der Waals surface area (Å²) in [5.74, 6) is 3.06. The highest BCUT2D eigenvalue weighted by atomic mass is 35.5. The van der Waals surface area contributed by atoms with Crippen molar-refractivity contribution < 1.29 is 4.74 Å². The van der Waals surface area contributed by atoms with E-state index in [-0.39, 0.29) is 6.61 Å². The maximum atomic E-state index is 5.98. The van der Waals surface area contributed by atoms with Gasteiger partial charge in [0.25, 0.3) is 0 Å². The van der Waals surface area contributed by atoms with E-state index >= 15 is 0 Å². The summed E-state index contributed by atoms with van der Waals surface area (Å²) in [6.07, 6.45) is 6.84. The Morgan fingerprint density at radius 1 is 1.14 bits per heavy atom. The number of hydrazone groups is 1. The summed E-state index contributed by atoms with van der Waals surface area (Å²) >= 11 is 11.8. The van der Waals surface area contributed by atoms with Crippen LogP contribution in [0.25, 0.3) is 0 Å². The SMILES string of the molecule is C#CCOc1ccc(Cl)cc1/C=N\NCc1ccc(Cl)cc1. The number of nitrogens with one attached hydrogen (secondary N) is 1. The van der Waals surface area contributed by atoms with Crippen molar-refractivity contribution in [2.75, 3.05) is 6.61 Å². The average Bonchev–Trinajstić information content (AvgIpc) is 2.52. The molecule has 22 heavy (non-hydrogen) atoms. The fourth-order valence-electron chi connectivity index (χ4n) is 1.73. The molecule has 2 aromatic carbocycles. The molecule has 5 heteroatoms. The monoisotopic (exact) mass is 332 g/mol. The van der Waals surface area contributed by atoms with Crippen molar-refractivity contribution in [1.29, 1.82) is 0 Å². The number of hydrogen-bond donors (Lipinski definition) is 1. The highest BCUT2D eigenvalue weighted by Gasteiger charge is 2.02. The summed E-state index contributed by atoms with van der Waals surface area (Å²) in [6, 6.07) is 12.8.